The molecule has 1 saturated heterocycles. The van der Waals surface area contributed by atoms with Crippen molar-refractivity contribution in [1.82, 2.24) is 15.1 Å². The highest BCUT2D eigenvalue weighted by molar-refractivity contribution is 5.29. The van der Waals surface area contributed by atoms with E-state index in [1.54, 1.807) is 7.11 Å². The first-order valence-corrected chi connectivity index (χ1v) is 7.76. The predicted octanol–water partition coefficient (Wildman–Crippen LogP) is 2.52. The Balaban J connectivity index is 2.26. The number of methoxy groups -OCH3 is 1. The fourth-order valence-electron chi connectivity index (χ4n) is 2.83. The third kappa shape index (κ3) is 3.33. The van der Waals surface area contributed by atoms with Gasteiger partial charge in [0.25, 0.3) is 0 Å². The van der Waals surface area contributed by atoms with E-state index in [1.165, 1.54) is 12.8 Å². The van der Waals surface area contributed by atoms with Crippen molar-refractivity contribution in [3.63, 3.8) is 0 Å². The maximum atomic E-state index is 6.00. The van der Waals surface area contributed by atoms with Gasteiger partial charge in [-0.3, -0.25) is 4.68 Å². The van der Waals surface area contributed by atoms with E-state index in [0.29, 0.717) is 0 Å². The van der Waals surface area contributed by atoms with Gasteiger partial charge in [0.15, 0.2) is 5.75 Å². The van der Waals surface area contributed by atoms with Crippen molar-refractivity contribution in [2.24, 2.45) is 0 Å². The Bertz CT molecular complexity index is 378. The van der Waals surface area contributed by atoms with Gasteiger partial charge in [0.2, 0.25) is 0 Å². The van der Waals surface area contributed by atoms with Gasteiger partial charge < -0.3 is 14.8 Å². The van der Waals surface area contributed by atoms with Crippen molar-refractivity contribution in [3.8, 4) is 5.75 Å². The summed E-state index contributed by atoms with van der Waals surface area (Å²) in [6.45, 7) is 6.96. The maximum Gasteiger partial charge on any atom is 0.161 e. The van der Waals surface area contributed by atoms with E-state index >= 15 is 0 Å². The molecule has 1 aromatic heterocycles. The number of nitrogens with one attached hydrogen (secondary N) is 1. The number of aromatic nitrogens is 2. The summed E-state index contributed by atoms with van der Waals surface area (Å²) in [5.41, 5.74) is 1.12. The van der Waals surface area contributed by atoms with Gasteiger partial charge in [-0.15, -0.1) is 0 Å². The molecule has 2 heterocycles. The van der Waals surface area contributed by atoms with Crippen LogP contribution in [0.3, 0.4) is 0 Å². The predicted molar refractivity (Wildman–Crippen MR) is 79.1 cm³/mol. The summed E-state index contributed by atoms with van der Waals surface area (Å²) < 4.78 is 13.5. The molecular formula is C15H27N3O2. The van der Waals surface area contributed by atoms with E-state index in [1.807, 2.05) is 10.9 Å². The topological polar surface area (TPSA) is 48.3 Å². The highest BCUT2D eigenvalue weighted by Crippen LogP contribution is 2.32. The first kappa shape index (κ1) is 15.3. The highest BCUT2D eigenvalue weighted by atomic mass is 16.5. The number of ether oxygens (including phenoxy) is 2. The Morgan fingerprint density at radius 2 is 2.35 bits per heavy atom. The Morgan fingerprint density at radius 1 is 1.50 bits per heavy atom. The van der Waals surface area contributed by atoms with E-state index in [4.69, 9.17) is 9.47 Å². The van der Waals surface area contributed by atoms with Crippen LogP contribution >= 0.6 is 0 Å². The fourth-order valence-corrected chi connectivity index (χ4v) is 2.83. The lowest BCUT2D eigenvalue weighted by molar-refractivity contribution is -0.0104. The van der Waals surface area contributed by atoms with Crippen molar-refractivity contribution in [3.05, 3.63) is 11.9 Å². The molecule has 0 aliphatic carbocycles. The summed E-state index contributed by atoms with van der Waals surface area (Å²) in [6, 6.07) is 0.160. The first-order chi connectivity index (χ1) is 9.81. The van der Waals surface area contributed by atoms with Crippen LogP contribution in [0, 0.1) is 0 Å². The smallest absolute Gasteiger partial charge is 0.161 e. The van der Waals surface area contributed by atoms with Crippen molar-refractivity contribution >= 4 is 0 Å². The zero-order valence-corrected chi connectivity index (χ0v) is 12.9. The lowest BCUT2D eigenvalue weighted by atomic mass is 9.98. The minimum absolute atomic E-state index is 0.160. The van der Waals surface area contributed by atoms with Gasteiger partial charge in [-0.2, -0.15) is 5.10 Å². The quantitative estimate of drug-likeness (QED) is 0.834. The van der Waals surface area contributed by atoms with E-state index in [9.17, 15) is 0 Å². The SMILES string of the molecule is CCCNC(c1c(OC)cnn1CC)C1CCCCO1. The minimum Gasteiger partial charge on any atom is -0.493 e. The highest BCUT2D eigenvalue weighted by Gasteiger charge is 2.30. The summed E-state index contributed by atoms with van der Waals surface area (Å²) >= 11 is 0. The van der Waals surface area contributed by atoms with Crippen molar-refractivity contribution in [2.45, 2.75) is 58.2 Å². The lowest BCUT2D eigenvalue weighted by Crippen LogP contribution is -2.38. The second-order valence-electron chi connectivity index (χ2n) is 5.25. The molecule has 0 amide bonds. The average molecular weight is 281 g/mol. The molecule has 1 aliphatic heterocycles. The molecule has 1 aliphatic rings. The summed E-state index contributed by atoms with van der Waals surface area (Å²) in [7, 11) is 1.71. The summed E-state index contributed by atoms with van der Waals surface area (Å²) in [5, 5.41) is 8.05. The lowest BCUT2D eigenvalue weighted by Gasteiger charge is -2.32. The average Bonchev–Trinajstić information content (AvgIpc) is 2.92. The molecule has 5 heteroatoms. The number of hydrogen-bond acceptors (Lipinski definition) is 4. The third-order valence-electron chi connectivity index (χ3n) is 3.86. The van der Waals surface area contributed by atoms with E-state index < -0.39 is 0 Å². The van der Waals surface area contributed by atoms with Gasteiger partial charge in [0.1, 0.15) is 0 Å². The van der Waals surface area contributed by atoms with Crippen LogP contribution in [0.1, 0.15) is 51.3 Å². The third-order valence-corrected chi connectivity index (χ3v) is 3.86. The van der Waals surface area contributed by atoms with E-state index in [-0.39, 0.29) is 12.1 Å². The molecule has 20 heavy (non-hydrogen) atoms. The summed E-state index contributed by atoms with van der Waals surface area (Å²) in [4.78, 5) is 0. The van der Waals surface area contributed by atoms with Crippen molar-refractivity contribution < 1.29 is 9.47 Å². The van der Waals surface area contributed by atoms with Gasteiger partial charge in [-0.25, -0.2) is 0 Å². The second-order valence-corrected chi connectivity index (χ2v) is 5.25. The largest absolute Gasteiger partial charge is 0.493 e. The molecule has 5 nitrogen and oxygen atoms in total. The normalized spacial score (nSPS) is 20.9. The van der Waals surface area contributed by atoms with Crippen LogP contribution in [-0.2, 0) is 11.3 Å². The molecule has 1 aromatic rings. The molecule has 2 unspecified atom stereocenters. The van der Waals surface area contributed by atoms with Gasteiger partial charge in [0.05, 0.1) is 31.1 Å². The monoisotopic (exact) mass is 281 g/mol. The van der Waals surface area contributed by atoms with E-state index in [2.05, 4.69) is 24.3 Å². The Morgan fingerprint density at radius 3 is 2.95 bits per heavy atom. The van der Waals surface area contributed by atoms with Crippen LogP contribution in [0.25, 0.3) is 0 Å². The van der Waals surface area contributed by atoms with Gasteiger partial charge in [-0.1, -0.05) is 6.92 Å². The second kappa shape index (κ2) is 7.64. The van der Waals surface area contributed by atoms with Crippen LogP contribution < -0.4 is 10.1 Å². The molecule has 0 bridgehead atoms. The molecule has 1 N–H and O–H groups in total. The molecular weight excluding hydrogens is 254 g/mol. The van der Waals surface area contributed by atoms with Crippen molar-refractivity contribution in [2.75, 3.05) is 20.3 Å². The molecule has 114 valence electrons. The Labute approximate surface area is 121 Å². The maximum absolute atomic E-state index is 6.00. The standard InChI is InChI=1S/C15H27N3O2/c1-4-9-16-14(12-8-6-7-10-20-12)15-13(19-3)11-17-18(15)5-2/h11-12,14,16H,4-10H2,1-3H3. The number of rotatable bonds is 7. The number of nitrogens with zero attached hydrogens (tertiary/aromatic N) is 2. The van der Waals surface area contributed by atoms with Gasteiger partial charge in [0, 0.05) is 13.2 Å². The van der Waals surface area contributed by atoms with Crippen LogP contribution in [0.5, 0.6) is 5.75 Å². The first-order valence-electron chi connectivity index (χ1n) is 7.76. The number of aryl methyl sites for hydroxylation is 1. The zero-order chi connectivity index (χ0) is 14.4. The van der Waals surface area contributed by atoms with Crippen LogP contribution in [0.4, 0.5) is 0 Å². The summed E-state index contributed by atoms with van der Waals surface area (Å²) in [5.74, 6) is 0.856. The van der Waals surface area contributed by atoms with Crippen LogP contribution in [-0.4, -0.2) is 36.1 Å². The fraction of sp³-hybridized carbons (Fsp3) is 0.800. The molecule has 0 radical (unpaired) electrons. The van der Waals surface area contributed by atoms with Crippen molar-refractivity contribution in [1.29, 1.82) is 0 Å². The molecule has 2 atom stereocenters. The molecule has 0 spiro atoms. The summed E-state index contributed by atoms with van der Waals surface area (Å²) in [6.07, 6.45) is 6.62. The molecule has 2 rings (SSSR count). The molecule has 0 aromatic carbocycles. The van der Waals surface area contributed by atoms with Gasteiger partial charge in [-0.05, 0) is 39.2 Å². The van der Waals surface area contributed by atoms with Crippen LogP contribution in [0.15, 0.2) is 6.20 Å². The van der Waals surface area contributed by atoms with E-state index in [0.717, 1.165) is 44.0 Å². The molecule has 1 fully saturated rings. The minimum atomic E-state index is 0.160. The Kier molecular flexibility index (Phi) is 5.86. The van der Waals surface area contributed by atoms with Crippen LogP contribution in [0.2, 0.25) is 0 Å². The Hall–Kier alpha value is -1.07. The molecule has 0 saturated carbocycles. The zero-order valence-electron chi connectivity index (χ0n) is 12.9. The van der Waals surface area contributed by atoms with Gasteiger partial charge >= 0.3 is 0 Å². The number of hydrogen-bond donors (Lipinski definition) is 1.